The number of amides is 1. The second-order valence-corrected chi connectivity index (χ2v) is 5.77. The molecule has 1 aromatic heterocycles. The van der Waals surface area contributed by atoms with Gasteiger partial charge in [-0.05, 0) is 24.3 Å². The zero-order chi connectivity index (χ0) is 16.7. The van der Waals surface area contributed by atoms with Crippen molar-refractivity contribution in [3.8, 4) is 5.75 Å². The van der Waals surface area contributed by atoms with Gasteiger partial charge >= 0.3 is 0 Å². The van der Waals surface area contributed by atoms with E-state index in [4.69, 9.17) is 22.2 Å². The molecule has 0 atom stereocenters. The molecule has 0 aliphatic heterocycles. The maximum Gasteiger partial charge on any atom is 0.230 e. The van der Waals surface area contributed by atoms with Crippen molar-refractivity contribution in [1.29, 1.82) is 0 Å². The summed E-state index contributed by atoms with van der Waals surface area (Å²) >= 11 is 7.00. The minimum atomic E-state index is -0.128. The number of nitrogens with one attached hydrogen (secondary N) is 1. The molecule has 1 heterocycles. The van der Waals surface area contributed by atoms with E-state index in [0.717, 1.165) is 0 Å². The summed E-state index contributed by atoms with van der Waals surface area (Å²) in [6, 6.07) is 6.96. The number of nitrogen functional groups attached to an aromatic ring is 1. The maximum absolute atomic E-state index is 11.5. The molecule has 0 spiro atoms. The summed E-state index contributed by atoms with van der Waals surface area (Å²) in [6.07, 6.45) is 1.61. The number of benzene rings is 1. The molecule has 0 aliphatic rings. The number of nitrogens with two attached hydrogens (primary N) is 1. The summed E-state index contributed by atoms with van der Waals surface area (Å²) in [5.41, 5.74) is 0. The van der Waals surface area contributed by atoms with E-state index in [0.29, 0.717) is 28.3 Å². The van der Waals surface area contributed by atoms with Crippen LogP contribution in [0.15, 0.2) is 42.1 Å². The lowest BCUT2D eigenvalue weighted by atomic mass is 10.3. The number of aromatic nitrogens is 3. The number of halogens is 1. The number of carbonyl (C=O) groups excluding carboxylic acids is 1. The molecular formula is C14H16ClN5O2S. The van der Waals surface area contributed by atoms with E-state index in [1.165, 1.54) is 16.4 Å². The average molecular weight is 354 g/mol. The van der Waals surface area contributed by atoms with E-state index >= 15 is 0 Å². The predicted molar refractivity (Wildman–Crippen MR) is 89.9 cm³/mol. The van der Waals surface area contributed by atoms with Gasteiger partial charge in [-0.2, -0.15) is 0 Å². The minimum Gasteiger partial charge on any atom is -0.486 e. The predicted octanol–water partition coefficient (Wildman–Crippen LogP) is 1.62. The molecule has 0 bridgehead atoms. The fraction of sp³-hybridized carbons (Fsp3) is 0.214. The van der Waals surface area contributed by atoms with Gasteiger partial charge < -0.3 is 15.9 Å². The topological polar surface area (TPSA) is 95.1 Å². The van der Waals surface area contributed by atoms with Gasteiger partial charge in [0.15, 0.2) is 5.82 Å². The summed E-state index contributed by atoms with van der Waals surface area (Å²) in [6.45, 7) is 4.12. The number of hydrogen-bond donors (Lipinski definition) is 2. The highest BCUT2D eigenvalue weighted by Crippen LogP contribution is 2.18. The highest BCUT2D eigenvalue weighted by atomic mass is 35.5. The van der Waals surface area contributed by atoms with Crippen molar-refractivity contribution in [3.05, 3.63) is 47.8 Å². The molecule has 0 radical (unpaired) electrons. The number of ether oxygens (including phenoxy) is 1. The Labute approximate surface area is 142 Å². The van der Waals surface area contributed by atoms with Gasteiger partial charge in [0.25, 0.3) is 0 Å². The Morgan fingerprint density at radius 3 is 2.87 bits per heavy atom. The molecule has 122 valence electrons. The summed E-state index contributed by atoms with van der Waals surface area (Å²) in [5, 5.41) is 11.6. The number of rotatable bonds is 8. The third-order valence-electron chi connectivity index (χ3n) is 2.69. The zero-order valence-electron chi connectivity index (χ0n) is 12.2. The van der Waals surface area contributed by atoms with E-state index in [2.05, 4.69) is 22.1 Å². The van der Waals surface area contributed by atoms with Crippen molar-refractivity contribution in [2.75, 3.05) is 18.1 Å². The van der Waals surface area contributed by atoms with Crippen LogP contribution in [0.1, 0.15) is 5.82 Å². The Morgan fingerprint density at radius 2 is 2.17 bits per heavy atom. The molecular weight excluding hydrogens is 338 g/mol. The third-order valence-corrected chi connectivity index (χ3v) is 3.89. The molecule has 7 nitrogen and oxygen atoms in total. The van der Waals surface area contributed by atoms with E-state index in [-0.39, 0.29) is 18.3 Å². The van der Waals surface area contributed by atoms with Crippen molar-refractivity contribution in [2.24, 2.45) is 0 Å². The van der Waals surface area contributed by atoms with Crippen LogP contribution in [0.25, 0.3) is 0 Å². The zero-order valence-corrected chi connectivity index (χ0v) is 13.8. The lowest BCUT2D eigenvalue weighted by Crippen LogP contribution is -2.25. The Hall–Kier alpha value is -2.19. The first-order valence-electron chi connectivity index (χ1n) is 6.68. The monoisotopic (exact) mass is 353 g/mol. The Morgan fingerprint density at radius 1 is 1.43 bits per heavy atom. The van der Waals surface area contributed by atoms with E-state index in [1.807, 2.05) is 0 Å². The number of carbonyl (C=O) groups is 1. The second-order valence-electron chi connectivity index (χ2n) is 4.39. The molecule has 0 unspecified atom stereocenters. The first-order chi connectivity index (χ1) is 11.1. The van der Waals surface area contributed by atoms with Crippen LogP contribution in [-0.4, -0.2) is 33.1 Å². The summed E-state index contributed by atoms with van der Waals surface area (Å²) in [5.74, 6) is 7.07. The minimum absolute atomic E-state index is 0.128. The largest absolute Gasteiger partial charge is 0.486 e. The second kappa shape index (κ2) is 8.44. The molecule has 1 amide bonds. The van der Waals surface area contributed by atoms with Crippen LogP contribution in [0.2, 0.25) is 5.02 Å². The van der Waals surface area contributed by atoms with E-state index < -0.39 is 0 Å². The molecule has 2 aromatic rings. The molecule has 0 fully saturated rings. The molecule has 3 N–H and O–H groups in total. The maximum atomic E-state index is 11.5. The lowest BCUT2D eigenvalue weighted by Gasteiger charge is -2.06. The van der Waals surface area contributed by atoms with Gasteiger partial charge in [0.05, 0.1) is 5.75 Å². The van der Waals surface area contributed by atoms with E-state index in [1.54, 1.807) is 30.3 Å². The fourth-order valence-electron chi connectivity index (χ4n) is 1.55. The van der Waals surface area contributed by atoms with Crippen LogP contribution in [0.5, 0.6) is 5.75 Å². The summed E-state index contributed by atoms with van der Waals surface area (Å²) in [7, 11) is 0. The summed E-state index contributed by atoms with van der Waals surface area (Å²) < 4.78 is 6.87. The normalized spacial score (nSPS) is 10.3. The fourth-order valence-corrected chi connectivity index (χ4v) is 2.38. The van der Waals surface area contributed by atoms with Crippen molar-refractivity contribution in [1.82, 2.24) is 20.2 Å². The first kappa shape index (κ1) is 17.2. The Kier molecular flexibility index (Phi) is 6.30. The quantitative estimate of drug-likeness (QED) is 0.425. The molecule has 9 heteroatoms. The van der Waals surface area contributed by atoms with Gasteiger partial charge in [-0.15, -0.1) is 16.8 Å². The van der Waals surface area contributed by atoms with Gasteiger partial charge in [-0.3, -0.25) is 4.79 Å². The first-order valence-corrected chi connectivity index (χ1v) is 8.04. The van der Waals surface area contributed by atoms with Gasteiger partial charge in [0.2, 0.25) is 11.1 Å². The third kappa shape index (κ3) is 5.19. The molecule has 23 heavy (non-hydrogen) atoms. The van der Waals surface area contributed by atoms with Crippen LogP contribution in [-0.2, 0) is 11.4 Å². The highest BCUT2D eigenvalue weighted by molar-refractivity contribution is 7.99. The number of thioether (sulfide) groups is 1. The average Bonchev–Trinajstić information content (AvgIpc) is 2.90. The van der Waals surface area contributed by atoms with Gasteiger partial charge in [-0.1, -0.05) is 29.4 Å². The van der Waals surface area contributed by atoms with Crippen LogP contribution in [0.4, 0.5) is 0 Å². The van der Waals surface area contributed by atoms with Crippen molar-refractivity contribution in [3.63, 3.8) is 0 Å². The van der Waals surface area contributed by atoms with E-state index in [9.17, 15) is 4.79 Å². The molecule has 0 saturated heterocycles. The van der Waals surface area contributed by atoms with Crippen LogP contribution < -0.4 is 15.9 Å². The van der Waals surface area contributed by atoms with Crippen LogP contribution >= 0.6 is 23.4 Å². The van der Waals surface area contributed by atoms with Crippen molar-refractivity contribution in [2.45, 2.75) is 11.8 Å². The standard InChI is InChI=1S/C14H16ClN5O2S/c1-2-7-17-13(21)9-23-14-19-18-12(20(14)16)8-22-11-5-3-10(15)4-6-11/h2-6H,1,7-9,16H2,(H,17,21). The molecule has 2 rings (SSSR count). The van der Waals surface area contributed by atoms with Gasteiger partial charge in [-0.25, -0.2) is 4.68 Å². The van der Waals surface area contributed by atoms with Gasteiger partial charge in [0, 0.05) is 11.6 Å². The molecule has 1 aromatic carbocycles. The molecule has 0 saturated carbocycles. The van der Waals surface area contributed by atoms with Crippen LogP contribution in [0.3, 0.4) is 0 Å². The summed E-state index contributed by atoms with van der Waals surface area (Å²) in [4.78, 5) is 11.5. The highest BCUT2D eigenvalue weighted by Gasteiger charge is 2.12. The molecule has 0 aliphatic carbocycles. The number of hydrogen-bond acceptors (Lipinski definition) is 6. The Bertz CT molecular complexity index is 674. The van der Waals surface area contributed by atoms with Gasteiger partial charge in [0.1, 0.15) is 12.4 Å². The smallest absolute Gasteiger partial charge is 0.230 e. The Balaban J connectivity index is 1.87. The number of nitrogens with zero attached hydrogens (tertiary/aromatic N) is 3. The van der Waals surface area contributed by atoms with Crippen molar-refractivity contribution < 1.29 is 9.53 Å². The lowest BCUT2D eigenvalue weighted by molar-refractivity contribution is -0.118. The van der Waals surface area contributed by atoms with Crippen molar-refractivity contribution >= 4 is 29.3 Å². The van der Waals surface area contributed by atoms with Crippen LogP contribution in [0, 0.1) is 0 Å². The SMILES string of the molecule is C=CCNC(=O)CSc1nnc(COc2ccc(Cl)cc2)n1N.